The third kappa shape index (κ3) is 3.52. The van der Waals surface area contributed by atoms with Gasteiger partial charge in [0.25, 0.3) is 5.91 Å². The molecule has 0 spiro atoms. The quantitative estimate of drug-likeness (QED) is 0.818. The van der Waals surface area contributed by atoms with Crippen LogP contribution in [0.2, 0.25) is 0 Å². The molecule has 0 radical (unpaired) electrons. The maximum Gasteiger partial charge on any atom is 0.255 e. The summed E-state index contributed by atoms with van der Waals surface area (Å²) in [5, 5.41) is 16.4. The summed E-state index contributed by atoms with van der Waals surface area (Å²) in [6, 6.07) is 2.89. The number of nitrogens with zero attached hydrogens (tertiary/aromatic N) is 2. The minimum Gasteiger partial charge on any atom is -0.467 e. The molecule has 0 aliphatic heterocycles. The standard InChI is InChI=1S/C15H21N3O3/c1-3-4-7-18-11(2)12(9-16-18)15(20)17-13(10-19)14-6-5-8-21-14/h5-6,8-9,13,19H,3-4,7,10H2,1-2H3,(H,17,20). The van der Waals surface area contributed by atoms with Crippen molar-refractivity contribution in [1.82, 2.24) is 15.1 Å². The van der Waals surface area contributed by atoms with Crippen LogP contribution in [-0.2, 0) is 6.54 Å². The molecule has 1 unspecified atom stereocenters. The van der Waals surface area contributed by atoms with Crippen molar-refractivity contribution in [3.8, 4) is 0 Å². The lowest BCUT2D eigenvalue weighted by Crippen LogP contribution is -2.30. The van der Waals surface area contributed by atoms with Gasteiger partial charge in [-0.2, -0.15) is 5.10 Å². The molecule has 6 nitrogen and oxygen atoms in total. The van der Waals surface area contributed by atoms with E-state index in [0.717, 1.165) is 25.1 Å². The smallest absolute Gasteiger partial charge is 0.255 e. The van der Waals surface area contributed by atoms with Crippen LogP contribution < -0.4 is 5.32 Å². The summed E-state index contributed by atoms with van der Waals surface area (Å²) in [5.74, 6) is 0.271. The summed E-state index contributed by atoms with van der Waals surface area (Å²) in [6.07, 6.45) is 5.18. The summed E-state index contributed by atoms with van der Waals surface area (Å²) in [5.41, 5.74) is 1.35. The molecule has 114 valence electrons. The number of aromatic nitrogens is 2. The zero-order chi connectivity index (χ0) is 15.2. The molecule has 0 aliphatic rings. The summed E-state index contributed by atoms with van der Waals surface area (Å²) >= 11 is 0. The minimum absolute atomic E-state index is 0.220. The molecular weight excluding hydrogens is 270 g/mol. The van der Waals surface area contributed by atoms with Gasteiger partial charge >= 0.3 is 0 Å². The number of nitrogens with one attached hydrogen (secondary N) is 1. The summed E-state index contributed by atoms with van der Waals surface area (Å²) < 4.78 is 7.05. The Balaban J connectivity index is 2.08. The third-order valence-corrected chi connectivity index (χ3v) is 3.45. The summed E-state index contributed by atoms with van der Waals surface area (Å²) in [4.78, 5) is 12.3. The molecule has 0 saturated heterocycles. The maximum atomic E-state index is 12.3. The predicted octanol–water partition coefficient (Wildman–Crippen LogP) is 2.05. The Hall–Kier alpha value is -2.08. The topological polar surface area (TPSA) is 80.3 Å². The van der Waals surface area contributed by atoms with Crippen molar-refractivity contribution in [3.63, 3.8) is 0 Å². The van der Waals surface area contributed by atoms with Gasteiger partial charge < -0.3 is 14.8 Å². The largest absolute Gasteiger partial charge is 0.467 e. The van der Waals surface area contributed by atoms with Gasteiger partial charge in [-0.3, -0.25) is 9.48 Å². The lowest BCUT2D eigenvalue weighted by molar-refractivity contribution is 0.0906. The van der Waals surface area contributed by atoms with Gasteiger partial charge in [-0.05, 0) is 25.5 Å². The number of rotatable bonds is 7. The highest BCUT2D eigenvalue weighted by atomic mass is 16.3. The number of carbonyl (C=O) groups excluding carboxylic acids is 1. The average molecular weight is 291 g/mol. The van der Waals surface area contributed by atoms with Crippen molar-refractivity contribution >= 4 is 5.91 Å². The van der Waals surface area contributed by atoms with Gasteiger partial charge in [-0.1, -0.05) is 13.3 Å². The van der Waals surface area contributed by atoms with Gasteiger partial charge in [0, 0.05) is 12.2 Å². The van der Waals surface area contributed by atoms with E-state index in [1.54, 1.807) is 18.3 Å². The van der Waals surface area contributed by atoms with Crippen LogP contribution in [0.5, 0.6) is 0 Å². The average Bonchev–Trinajstić information content (AvgIpc) is 3.12. The molecule has 0 aliphatic carbocycles. The first kappa shape index (κ1) is 15.3. The second-order valence-corrected chi connectivity index (χ2v) is 4.94. The fourth-order valence-electron chi connectivity index (χ4n) is 2.14. The molecule has 6 heteroatoms. The van der Waals surface area contributed by atoms with E-state index >= 15 is 0 Å². The van der Waals surface area contributed by atoms with E-state index in [-0.39, 0.29) is 12.5 Å². The van der Waals surface area contributed by atoms with E-state index in [1.807, 2.05) is 11.6 Å². The fourth-order valence-corrected chi connectivity index (χ4v) is 2.14. The monoisotopic (exact) mass is 291 g/mol. The van der Waals surface area contributed by atoms with Crippen molar-refractivity contribution in [2.75, 3.05) is 6.61 Å². The van der Waals surface area contributed by atoms with Crippen LogP contribution in [0.25, 0.3) is 0 Å². The fraction of sp³-hybridized carbons (Fsp3) is 0.467. The number of hydrogen-bond donors (Lipinski definition) is 2. The number of aliphatic hydroxyl groups is 1. The van der Waals surface area contributed by atoms with E-state index < -0.39 is 6.04 Å². The molecule has 2 heterocycles. The van der Waals surface area contributed by atoms with Crippen molar-refractivity contribution in [2.24, 2.45) is 0 Å². The minimum atomic E-state index is -0.550. The molecule has 2 aromatic heterocycles. The molecule has 0 bridgehead atoms. The molecule has 2 aromatic rings. The van der Waals surface area contributed by atoms with Crippen LogP contribution in [0.1, 0.15) is 47.6 Å². The molecule has 0 aromatic carbocycles. The maximum absolute atomic E-state index is 12.3. The Labute approximate surface area is 123 Å². The van der Waals surface area contributed by atoms with Crippen LogP contribution in [-0.4, -0.2) is 27.4 Å². The van der Waals surface area contributed by atoms with E-state index in [9.17, 15) is 9.90 Å². The zero-order valence-electron chi connectivity index (χ0n) is 12.4. The van der Waals surface area contributed by atoms with E-state index in [1.165, 1.54) is 6.26 Å². The molecule has 2 N–H and O–H groups in total. The molecule has 2 rings (SSSR count). The highest BCUT2D eigenvalue weighted by molar-refractivity contribution is 5.95. The first-order valence-electron chi connectivity index (χ1n) is 7.14. The van der Waals surface area contributed by atoms with Crippen LogP contribution in [0.15, 0.2) is 29.0 Å². The number of amides is 1. The van der Waals surface area contributed by atoms with Gasteiger partial charge in [0.05, 0.1) is 24.6 Å². The number of aryl methyl sites for hydroxylation is 1. The Morgan fingerprint density at radius 1 is 1.57 bits per heavy atom. The molecule has 0 fully saturated rings. The highest BCUT2D eigenvalue weighted by Crippen LogP contribution is 2.15. The normalized spacial score (nSPS) is 12.3. The van der Waals surface area contributed by atoms with Gasteiger partial charge in [-0.15, -0.1) is 0 Å². The third-order valence-electron chi connectivity index (χ3n) is 3.45. The Morgan fingerprint density at radius 2 is 2.38 bits per heavy atom. The van der Waals surface area contributed by atoms with Gasteiger partial charge in [-0.25, -0.2) is 0 Å². The Kier molecular flexibility index (Phi) is 5.16. The molecule has 1 amide bonds. The summed E-state index contributed by atoms with van der Waals surface area (Å²) in [7, 11) is 0. The van der Waals surface area contributed by atoms with E-state index in [0.29, 0.717) is 11.3 Å². The predicted molar refractivity (Wildman–Crippen MR) is 77.9 cm³/mol. The van der Waals surface area contributed by atoms with Crippen LogP contribution in [0.4, 0.5) is 0 Å². The van der Waals surface area contributed by atoms with Crippen LogP contribution >= 0.6 is 0 Å². The lowest BCUT2D eigenvalue weighted by atomic mass is 10.2. The second kappa shape index (κ2) is 7.08. The zero-order valence-corrected chi connectivity index (χ0v) is 12.4. The van der Waals surface area contributed by atoms with E-state index in [4.69, 9.17) is 4.42 Å². The van der Waals surface area contributed by atoms with Gasteiger partial charge in [0.15, 0.2) is 0 Å². The van der Waals surface area contributed by atoms with Crippen molar-refractivity contribution in [1.29, 1.82) is 0 Å². The van der Waals surface area contributed by atoms with Gasteiger partial charge in [0.2, 0.25) is 0 Å². The van der Waals surface area contributed by atoms with Crippen molar-refractivity contribution < 1.29 is 14.3 Å². The second-order valence-electron chi connectivity index (χ2n) is 4.94. The number of carbonyl (C=O) groups is 1. The first-order chi connectivity index (χ1) is 10.2. The first-order valence-corrected chi connectivity index (χ1v) is 7.14. The van der Waals surface area contributed by atoms with Gasteiger partial charge in [0.1, 0.15) is 11.8 Å². The molecule has 21 heavy (non-hydrogen) atoms. The molecule has 1 atom stereocenters. The number of aliphatic hydroxyl groups excluding tert-OH is 1. The number of unbranched alkanes of at least 4 members (excludes halogenated alkanes) is 1. The number of furan rings is 1. The van der Waals surface area contributed by atoms with E-state index in [2.05, 4.69) is 17.3 Å². The SMILES string of the molecule is CCCCn1ncc(C(=O)NC(CO)c2ccco2)c1C. The van der Waals surface area contributed by atoms with Crippen molar-refractivity contribution in [2.45, 2.75) is 39.3 Å². The van der Waals surface area contributed by atoms with Crippen molar-refractivity contribution in [3.05, 3.63) is 41.6 Å². The Bertz CT molecular complexity index is 575. The number of hydrogen-bond acceptors (Lipinski definition) is 4. The Morgan fingerprint density at radius 3 is 3.00 bits per heavy atom. The highest BCUT2D eigenvalue weighted by Gasteiger charge is 2.20. The molecule has 0 saturated carbocycles. The lowest BCUT2D eigenvalue weighted by Gasteiger charge is -2.13. The van der Waals surface area contributed by atoms with Crippen LogP contribution in [0.3, 0.4) is 0 Å². The summed E-state index contributed by atoms with van der Waals surface area (Å²) in [6.45, 7) is 4.57. The van der Waals surface area contributed by atoms with Crippen LogP contribution in [0, 0.1) is 6.92 Å². The molecular formula is C15H21N3O3.